The molecule has 0 aromatic carbocycles. The highest BCUT2D eigenvalue weighted by Crippen LogP contribution is 2.57. The van der Waals surface area contributed by atoms with Crippen molar-refractivity contribution in [2.45, 2.75) is 62.5 Å². The molecule has 80 valence electrons. The molecule has 3 aliphatic carbocycles. The summed E-state index contributed by atoms with van der Waals surface area (Å²) in [4.78, 5) is 0. The number of rotatable bonds is 1. The molecule has 2 nitrogen and oxygen atoms in total. The van der Waals surface area contributed by atoms with Crippen LogP contribution in [0.15, 0.2) is 0 Å². The van der Waals surface area contributed by atoms with Crippen LogP contribution in [0.4, 0.5) is 0 Å². The van der Waals surface area contributed by atoms with E-state index in [0.29, 0.717) is 5.92 Å². The molecule has 2 heteroatoms. The van der Waals surface area contributed by atoms with E-state index >= 15 is 0 Å². The minimum absolute atomic E-state index is 0.229. The van der Waals surface area contributed by atoms with Crippen LogP contribution in [0.2, 0.25) is 0 Å². The van der Waals surface area contributed by atoms with Crippen molar-refractivity contribution >= 4 is 0 Å². The van der Waals surface area contributed by atoms with Crippen molar-refractivity contribution in [3.63, 3.8) is 0 Å². The molecule has 3 saturated carbocycles. The van der Waals surface area contributed by atoms with E-state index < -0.39 is 5.60 Å². The van der Waals surface area contributed by atoms with E-state index in [1.165, 1.54) is 32.1 Å². The largest absolute Gasteiger partial charge is 0.388 e. The summed E-state index contributed by atoms with van der Waals surface area (Å²) in [6, 6.07) is 0. The molecule has 3 unspecified atom stereocenters. The Hall–Kier alpha value is -0.0800. The molecule has 3 rings (SSSR count). The van der Waals surface area contributed by atoms with Crippen molar-refractivity contribution < 1.29 is 5.11 Å². The lowest BCUT2D eigenvalue weighted by Gasteiger charge is -2.45. The Bertz CT molecular complexity index is 247. The molecule has 0 aromatic heterocycles. The van der Waals surface area contributed by atoms with Gasteiger partial charge in [-0.3, -0.25) is 0 Å². The van der Waals surface area contributed by atoms with Crippen molar-refractivity contribution in [1.82, 2.24) is 0 Å². The fraction of sp³-hybridized carbons (Fsp3) is 1.00. The summed E-state index contributed by atoms with van der Waals surface area (Å²) in [5.41, 5.74) is 5.71. The summed E-state index contributed by atoms with van der Waals surface area (Å²) >= 11 is 0. The third kappa shape index (κ3) is 0.989. The van der Waals surface area contributed by atoms with Gasteiger partial charge in [0.05, 0.1) is 5.60 Å². The Balaban J connectivity index is 1.89. The molecule has 3 fully saturated rings. The first-order valence-corrected chi connectivity index (χ1v) is 6.15. The van der Waals surface area contributed by atoms with E-state index in [0.717, 1.165) is 25.2 Å². The minimum atomic E-state index is -0.494. The molecule has 2 bridgehead atoms. The zero-order chi connectivity index (χ0) is 9.81. The fourth-order valence-corrected chi connectivity index (χ4v) is 4.35. The maximum Gasteiger partial charge on any atom is 0.0857 e. The van der Waals surface area contributed by atoms with Gasteiger partial charge in [0.15, 0.2) is 0 Å². The van der Waals surface area contributed by atoms with Crippen LogP contribution in [0.25, 0.3) is 0 Å². The lowest BCUT2D eigenvalue weighted by atomic mass is 9.69. The highest BCUT2D eigenvalue weighted by atomic mass is 16.3. The Labute approximate surface area is 85.9 Å². The van der Waals surface area contributed by atoms with Crippen LogP contribution >= 0.6 is 0 Å². The van der Waals surface area contributed by atoms with Gasteiger partial charge in [0.2, 0.25) is 0 Å². The summed E-state index contributed by atoms with van der Waals surface area (Å²) in [6.07, 6.45) is 9.33. The van der Waals surface area contributed by atoms with Crippen LogP contribution in [-0.4, -0.2) is 16.2 Å². The molecule has 3 N–H and O–H groups in total. The standard InChI is InChI=1S/C12H21NO/c13-11(5-1-2-6-11)12(14)8-9-3-4-10(12)7-9/h9-10,14H,1-8,13H2. The lowest BCUT2D eigenvalue weighted by Crippen LogP contribution is -2.61. The zero-order valence-corrected chi connectivity index (χ0v) is 8.84. The Kier molecular flexibility index (Phi) is 1.79. The summed E-state index contributed by atoms with van der Waals surface area (Å²) in [5, 5.41) is 10.8. The van der Waals surface area contributed by atoms with E-state index in [-0.39, 0.29) is 5.54 Å². The summed E-state index contributed by atoms with van der Waals surface area (Å²) in [7, 11) is 0. The van der Waals surface area contributed by atoms with Crippen LogP contribution in [0.3, 0.4) is 0 Å². The van der Waals surface area contributed by atoms with E-state index in [9.17, 15) is 5.11 Å². The number of nitrogens with two attached hydrogens (primary N) is 1. The van der Waals surface area contributed by atoms with E-state index in [1.54, 1.807) is 0 Å². The second-order valence-electron chi connectivity index (χ2n) is 5.87. The maximum atomic E-state index is 10.8. The van der Waals surface area contributed by atoms with Crippen molar-refractivity contribution in [2.24, 2.45) is 17.6 Å². The van der Waals surface area contributed by atoms with Gasteiger partial charge in [-0.15, -0.1) is 0 Å². The number of fused-ring (bicyclic) bond motifs is 2. The molecule has 0 aliphatic heterocycles. The molecule has 14 heavy (non-hydrogen) atoms. The van der Waals surface area contributed by atoms with Gasteiger partial charge in [0.25, 0.3) is 0 Å². The van der Waals surface area contributed by atoms with Crippen molar-refractivity contribution in [2.75, 3.05) is 0 Å². The maximum absolute atomic E-state index is 10.8. The molecule has 3 atom stereocenters. The third-order valence-electron chi connectivity index (χ3n) is 5.17. The average molecular weight is 195 g/mol. The average Bonchev–Trinajstić information content (AvgIpc) is 2.79. The zero-order valence-electron chi connectivity index (χ0n) is 8.84. The predicted molar refractivity (Wildman–Crippen MR) is 55.8 cm³/mol. The van der Waals surface area contributed by atoms with Gasteiger partial charge < -0.3 is 10.8 Å². The molecule has 0 radical (unpaired) electrons. The van der Waals surface area contributed by atoms with E-state index in [4.69, 9.17) is 5.73 Å². The van der Waals surface area contributed by atoms with Gasteiger partial charge in [0, 0.05) is 5.54 Å². The second kappa shape index (κ2) is 2.73. The molecular weight excluding hydrogens is 174 g/mol. The molecule has 0 aromatic rings. The molecular formula is C12H21NO. The van der Waals surface area contributed by atoms with Crippen LogP contribution in [0.1, 0.15) is 51.4 Å². The predicted octanol–water partition coefficient (Wildman–Crippen LogP) is 1.81. The Morgan fingerprint density at radius 1 is 1.14 bits per heavy atom. The number of aliphatic hydroxyl groups is 1. The summed E-state index contributed by atoms with van der Waals surface area (Å²) in [6.45, 7) is 0. The first-order valence-electron chi connectivity index (χ1n) is 6.15. The highest BCUT2D eigenvalue weighted by molar-refractivity contribution is 5.15. The van der Waals surface area contributed by atoms with Crippen molar-refractivity contribution in [3.8, 4) is 0 Å². The molecule has 0 heterocycles. The van der Waals surface area contributed by atoms with Crippen molar-refractivity contribution in [1.29, 1.82) is 0 Å². The normalized spacial score (nSPS) is 50.1. The molecule has 0 amide bonds. The lowest BCUT2D eigenvalue weighted by molar-refractivity contribution is -0.0774. The number of hydrogen-bond acceptors (Lipinski definition) is 2. The van der Waals surface area contributed by atoms with Crippen LogP contribution < -0.4 is 5.73 Å². The fourth-order valence-electron chi connectivity index (χ4n) is 4.35. The first kappa shape index (κ1) is 9.17. The smallest absolute Gasteiger partial charge is 0.0857 e. The van der Waals surface area contributed by atoms with Gasteiger partial charge in [-0.2, -0.15) is 0 Å². The molecule has 3 aliphatic rings. The molecule has 0 saturated heterocycles. The van der Waals surface area contributed by atoms with Gasteiger partial charge in [-0.25, -0.2) is 0 Å². The second-order valence-corrected chi connectivity index (χ2v) is 5.87. The van der Waals surface area contributed by atoms with Crippen LogP contribution in [0.5, 0.6) is 0 Å². The topological polar surface area (TPSA) is 46.2 Å². The highest BCUT2D eigenvalue weighted by Gasteiger charge is 2.59. The Morgan fingerprint density at radius 3 is 2.36 bits per heavy atom. The van der Waals surface area contributed by atoms with Gasteiger partial charge in [0.1, 0.15) is 0 Å². The third-order valence-corrected chi connectivity index (χ3v) is 5.17. The minimum Gasteiger partial charge on any atom is -0.388 e. The Morgan fingerprint density at radius 2 is 1.86 bits per heavy atom. The van der Waals surface area contributed by atoms with Crippen molar-refractivity contribution in [3.05, 3.63) is 0 Å². The van der Waals surface area contributed by atoms with E-state index in [1.807, 2.05) is 0 Å². The number of hydrogen-bond donors (Lipinski definition) is 2. The van der Waals surface area contributed by atoms with Crippen LogP contribution in [0, 0.1) is 11.8 Å². The monoisotopic (exact) mass is 195 g/mol. The summed E-state index contributed by atoms with van der Waals surface area (Å²) < 4.78 is 0. The quantitative estimate of drug-likeness (QED) is 0.670. The first-order chi connectivity index (χ1) is 6.64. The van der Waals surface area contributed by atoms with Gasteiger partial charge in [-0.1, -0.05) is 12.8 Å². The SMILES string of the molecule is NC1(C2(O)CC3CCC2C3)CCCC1. The van der Waals surface area contributed by atoms with E-state index in [2.05, 4.69) is 0 Å². The molecule has 0 spiro atoms. The van der Waals surface area contributed by atoms with Crippen LogP contribution in [-0.2, 0) is 0 Å². The van der Waals surface area contributed by atoms with Gasteiger partial charge >= 0.3 is 0 Å². The summed E-state index contributed by atoms with van der Waals surface area (Å²) in [5.74, 6) is 1.31. The van der Waals surface area contributed by atoms with Gasteiger partial charge in [-0.05, 0) is 50.4 Å².